The molecule has 0 saturated heterocycles. The zero-order valence-corrected chi connectivity index (χ0v) is 4.82. The minimum absolute atomic E-state index is 0. The Morgan fingerprint density at radius 1 is 1.20 bits per heavy atom. The van der Waals surface area contributed by atoms with E-state index in [0.29, 0.717) is 0 Å². The van der Waals surface area contributed by atoms with Gasteiger partial charge in [0.25, 0.3) is 0 Å². The Labute approximate surface area is 51.0 Å². The van der Waals surface area contributed by atoms with Gasteiger partial charge in [0.15, 0.2) is 0 Å². The Balaban J connectivity index is -0.0000000200. The van der Waals surface area contributed by atoms with Gasteiger partial charge in [-0.2, -0.15) is 9.59 Å². The van der Waals surface area contributed by atoms with Crippen molar-refractivity contribution in [2.75, 3.05) is 0 Å². The van der Waals surface area contributed by atoms with E-state index in [2.05, 4.69) is 0 Å². The maximum atomic E-state index is 8.12. The first-order valence-electron chi connectivity index (χ1n) is 0.408. The van der Waals surface area contributed by atoms with Crippen LogP contribution in [-0.4, -0.2) is 41.2 Å². The van der Waals surface area contributed by atoms with Gasteiger partial charge in [-0.15, -0.1) is 0 Å². The van der Waals surface area contributed by atoms with Crippen LogP contribution in [0.3, 0.4) is 0 Å². The second-order valence-electron chi connectivity index (χ2n) is 0.0833. The molecule has 3 nitrogen and oxygen atoms in total. The first kappa shape index (κ1) is 18.4. The molecular weight excluding hydrogens is 83.0 g/mol. The second-order valence-corrected chi connectivity index (χ2v) is 0.0833. The van der Waals surface area contributed by atoms with Gasteiger partial charge in [-0.05, 0) is 0 Å². The summed E-state index contributed by atoms with van der Waals surface area (Å²) in [6.07, 6.45) is 0.250. The average molecular weight is 85.0 g/mol. The maximum Gasteiger partial charge on any atom is 0.373 e. The molecule has 5 heavy (non-hydrogen) atoms. The van der Waals surface area contributed by atoms with Gasteiger partial charge >= 0.3 is 6.15 Å². The molecule has 0 aromatic heterocycles. The molecule has 0 aromatic carbocycles. The molecule has 0 aliphatic carbocycles. The van der Waals surface area contributed by atoms with Crippen molar-refractivity contribution in [3.63, 3.8) is 0 Å². The zero-order valence-electron chi connectivity index (χ0n) is 2.82. The minimum Gasteiger partial charge on any atom is -0.412 e. The number of rotatable bonds is 0. The number of carbonyl (C=O) groups excluding carboxylic acids is 2. The zero-order chi connectivity index (χ0) is 2.71. The third-order valence-electron chi connectivity index (χ3n) is 0. The van der Waals surface area contributed by atoms with Crippen LogP contribution in [0.25, 0.3) is 0 Å². The monoisotopic (exact) mass is 85.0 g/mol. The van der Waals surface area contributed by atoms with Crippen LogP contribution in [-0.2, 0) is 9.59 Å². The Hall–Kier alpha value is 0.340. The number of hydrogen-bond donors (Lipinski definition) is 0. The van der Waals surface area contributed by atoms with E-state index in [4.69, 9.17) is 9.59 Å². The van der Waals surface area contributed by atoms with E-state index in [-0.39, 0.29) is 41.2 Å². The van der Waals surface area contributed by atoms with Crippen LogP contribution in [0.4, 0.5) is 0 Å². The smallest absolute Gasteiger partial charge is 0.373 e. The fraction of sp³-hybridized carbons (Fsp3) is 0. The summed E-state index contributed by atoms with van der Waals surface area (Å²) in [5.41, 5.74) is 0. The molecule has 0 bridgehead atoms. The molecule has 25 valence electrons. The summed E-state index contributed by atoms with van der Waals surface area (Å²) in [6, 6.07) is 0. The van der Waals surface area contributed by atoms with E-state index in [0.717, 1.165) is 0 Å². The van der Waals surface area contributed by atoms with Gasteiger partial charge in [-0.25, -0.2) is 0 Å². The Kier molecular flexibility index (Phi) is 99.1. The normalized spacial score (nSPS) is 1.60. The van der Waals surface area contributed by atoms with E-state index in [1.165, 1.54) is 0 Å². The van der Waals surface area contributed by atoms with Gasteiger partial charge in [0.05, 0.1) is 0 Å². The molecule has 0 spiro atoms. The minimum atomic E-state index is 0. The molecule has 0 amide bonds. The van der Waals surface area contributed by atoms with Crippen molar-refractivity contribution >= 4 is 35.7 Å². The van der Waals surface area contributed by atoms with Crippen LogP contribution in [0.5, 0.6) is 0 Å². The molecule has 0 unspecified atom stereocenters. The Morgan fingerprint density at radius 2 is 1.20 bits per heavy atom. The summed E-state index contributed by atoms with van der Waals surface area (Å²) in [7, 11) is 0. The van der Waals surface area contributed by atoms with Crippen molar-refractivity contribution in [3.05, 3.63) is 0 Å². The van der Waals surface area contributed by atoms with Gasteiger partial charge in [0, 0.05) is 29.6 Å². The largest absolute Gasteiger partial charge is 0.412 e. The molecule has 2 N–H and O–H groups in total. The fourth-order valence-corrected chi connectivity index (χ4v) is 0. The van der Waals surface area contributed by atoms with E-state index in [1.54, 1.807) is 0 Å². The quantitative estimate of drug-likeness (QED) is 0.326. The van der Waals surface area contributed by atoms with Crippen molar-refractivity contribution < 1.29 is 15.1 Å². The van der Waals surface area contributed by atoms with E-state index >= 15 is 0 Å². The summed E-state index contributed by atoms with van der Waals surface area (Å²) in [5, 5.41) is 0. The summed E-state index contributed by atoms with van der Waals surface area (Å²) in [5.74, 6) is 0. The van der Waals surface area contributed by atoms with Crippen LogP contribution in [0.15, 0.2) is 0 Å². The molecule has 0 rings (SSSR count). The van der Waals surface area contributed by atoms with Crippen molar-refractivity contribution in [3.8, 4) is 0 Å². The molecule has 0 heterocycles. The van der Waals surface area contributed by atoms with Gasteiger partial charge < -0.3 is 5.48 Å². The predicted molar refractivity (Wildman–Crippen MR) is 14.4 cm³/mol. The van der Waals surface area contributed by atoms with Crippen molar-refractivity contribution in [1.82, 2.24) is 0 Å². The number of hydrogen-bond acceptors (Lipinski definition) is 2. The molecule has 0 aliphatic heterocycles. The van der Waals surface area contributed by atoms with E-state index < -0.39 is 0 Å². The molecule has 0 atom stereocenters. The average Bonchev–Trinajstić information content (AvgIpc) is 0.918. The van der Waals surface area contributed by atoms with Crippen LogP contribution >= 0.6 is 0 Å². The van der Waals surface area contributed by atoms with Gasteiger partial charge in [0.2, 0.25) is 0 Å². The molecule has 0 fully saturated rings. The third kappa shape index (κ3) is 206. The molecular formula is CH2NaO3. The second kappa shape index (κ2) is 27.0. The topological polar surface area (TPSA) is 65.6 Å². The summed E-state index contributed by atoms with van der Waals surface area (Å²) in [4.78, 5) is 16.2. The van der Waals surface area contributed by atoms with Gasteiger partial charge in [0.1, 0.15) is 0 Å². The SMILES string of the molecule is O.O=C=O.[Na]. The van der Waals surface area contributed by atoms with Crippen LogP contribution < -0.4 is 0 Å². The van der Waals surface area contributed by atoms with Crippen LogP contribution in [0, 0.1) is 0 Å². The van der Waals surface area contributed by atoms with Gasteiger partial charge in [-0.3, -0.25) is 0 Å². The van der Waals surface area contributed by atoms with Crippen LogP contribution in [0.2, 0.25) is 0 Å². The molecule has 0 aromatic rings. The Bertz CT molecular complexity index is 27.9. The van der Waals surface area contributed by atoms with E-state index in [9.17, 15) is 0 Å². The predicted octanol–water partition coefficient (Wildman–Crippen LogP) is -1.79. The summed E-state index contributed by atoms with van der Waals surface area (Å²) in [6.45, 7) is 0. The first-order chi connectivity index (χ1) is 1.41. The maximum absolute atomic E-state index is 8.12. The molecule has 0 saturated carbocycles. The third-order valence-corrected chi connectivity index (χ3v) is 0. The first-order valence-corrected chi connectivity index (χ1v) is 0.408. The molecule has 1 radical (unpaired) electrons. The van der Waals surface area contributed by atoms with Crippen molar-refractivity contribution in [2.45, 2.75) is 0 Å². The summed E-state index contributed by atoms with van der Waals surface area (Å²) < 4.78 is 0. The molecule has 0 aliphatic rings. The van der Waals surface area contributed by atoms with E-state index in [1.807, 2.05) is 0 Å². The molecule has 4 heteroatoms. The van der Waals surface area contributed by atoms with Crippen molar-refractivity contribution in [2.24, 2.45) is 0 Å². The van der Waals surface area contributed by atoms with Crippen molar-refractivity contribution in [1.29, 1.82) is 0 Å². The Morgan fingerprint density at radius 3 is 1.20 bits per heavy atom. The van der Waals surface area contributed by atoms with Gasteiger partial charge in [-0.1, -0.05) is 0 Å². The standard InChI is InChI=1S/CO2.Na.H2O/c2-1-3;;/h;;1H2. The van der Waals surface area contributed by atoms with Crippen LogP contribution in [0.1, 0.15) is 0 Å². The summed E-state index contributed by atoms with van der Waals surface area (Å²) >= 11 is 0. The fourth-order valence-electron chi connectivity index (χ4n) is 0.